The van der Waals surface area contributed by atoms with Crippen molar-refractivity contribution in [3.8, 4) is 0 Å². The van der Waals surface area contributed by atoms with Crippen LogP contribution in [0, 0.1) is 5.41 Å². The number of anilines is 1. The van der Waals surface area contributed by atoms with Gasteiger partial charge in [0.25, 0.3) is 0 Å². The Morgan fingerprint density at radius 2 is 1.85 bits per heavy atom. The van der Waals surface area contributed by atoms with Gasteiger partial charge in [-0.1, -0.05) is 6.07 Å². The number of ether oxygens (including phenoxy) is 1. The first-order valence-corrected chi connectivity index (χ1v) is 13.0. The van der Waals surface area contributed by atoms with E-state index in [-0.39, 0.29) is 30.8 Å². The van der Waals surface area contributed by atoms with Gasteiger partial charge >= 0.3 is 5.97 Å². The number of aryl methyl sites for hydroxylation is 1. The van der Waals surface area contributed by atoms with Crippen LogP contribution in [0.4, 0.5) is 5.69 Å². The average Bonchev–Trinajstić information content (AvgIpc) is 3.55. The first-order valence-electron chi connectivity index (χ1n) is 13.0. The number of nitrogens with zero attached hydrogens (tertiary/aromatic N) is 3. The maximum Gasteiger partial charge on any atom is 0.322 e. The van der Waals surface area contributed by atoms with E-state index in [1.165, 1.54) is 0 Å². The minimum absolute atomic E-state index is 0. The van der Waals surface area contributed by atoms with Gasteiger partial charge in [-0.2, -0.15) is 0 Å². The van der Waals surface area contributed by atoms with E-state index in [1.54, 1.807) is 26.0 Å². The van der Waals surface area contributed by atoms with Gasteiger partial charge in [-0.25, -0.2) is 4.98 Å². The summed E-state index contributed by atoms with van der Waals surface area (Å²) in [7, 11) is 1.96. The number of carbonyl (C=O) groups excluding carboxylic acids is 2. The molecule has 1 aliphatic heterocycles. The van der Waals surface area contributed by atoms with Gasteiger partial charge in [0, 0.05) is 31.4 Å². The molecule has 1 aromatic heterocycles. The number of halogens is 1. The van der Waals surface area contributed by atoms with Crippen LogP contribution < -0.4 is 16.4 Å². The molecule has 2 heterocycles. The molecule has 3 aromatic rings. The lowest BCUT2D eigenvalue weighted by Crippen LogP contribution is -2.57. The maximum absolute atomic E-state index is 13.8. The number of imidazole rings is 1. The third-order valence-corrected chi connectivity index (χ3v) is 7.16. The smallest absolute Gasteiger partial charge is 0.322 e. The predicted octanol–water partition coefficient (Wildman–Crippen LogP) is 3.27. The summed E-state index contributed by atoms with van der Waals surface area (Å²) in [5.74, 6) is 0.408. The Balaban J connectivity index is 0.00000420. The molecule has 0 spiro atoms. The normalized spacial score (nSPS) is 15.3. The molecule has 0 radical (unpaired) electrons. The Labute approximate surface area is 235 Å². The zero-order valence-electron chi connectivity index (χ0n) is 22.9. The van der Waals surface area contributed by atoms with Crippen LogP contribution in [0.15, 0.2) is 42.5 Å². The van der Waals surface area contributed by atoms with Crippen LogP contribution in [-0.4, -0.2) is 57.9 Å². The number of carbonyl (C=O) groups is 2. The summed E-state index contributed by atoms with van der Waals surface area (Å²) in [5, 5.41) is 14.2. The number of nitrogen functional groups attached to an aromatic ring is 1. The molecular formula is C28H38ClN7O3. The van der Waals surface area contributed by atoms with E-state index in [0.29, 0.717) is 25.2 Å². The number of fused-ring (bicyclic) bond motifs is 1. The molecule has 10 nitrogen and oxygen atoms in total. The van der Waals surface area contributed by atoms with Crippen molar-refractivity contribution in [2.24, 2.45) is 12.8 Å². The molecule has 2 aromatic carbocycles. The Morgan fingerprint density at radius 1 is 1.18 bits per heavy atom. The largest absolute Gasteiger partial charge is 0.465 e. The standard InChI is InChI=1S/C28H37N7O3.ClH/c1-5-38-26(36)18(2)33-28(3,27(37)35-14-6-7-15-35)20-10-13-23-22(16-20)32-24(34(23)4)17-31-21-11-8-19(9-12-21)25(29)30;/h8-13,16,18,31,33H,5-7,14-15,17H2,1-4H3,(H3,29,30);1H/t18?,28-;/m1./s1. The number of rotatable bonds is 10. The lowest BCUT2D eigenvalue weighted by molar-refractivity contribution is -0.147. The fraction of sp³-hybridized carbons (Fsp3) is 0.429. The second-order valence-corrected chi connectivity index (χ2v) is 9.88. The molecule has 0 saturated carbocycles. The number of esters is 1. The first-order chi connectivity index (χ1) is 18.1. The highest BCUT2D eigenvalue weighted by Gasteiger charge is 2.41. The van der Waals surface area contributed by atoms with Gasteiger partial charge in [-0.3, -0.25) is 20.3 Å². The Kier molecular flexibility index (Phi) is 9.58. The molecule has 1 aliphatic rings. The van der Waals surface area contributed by atoms with Gasteiger partial charge in [0.1, 0.15) is 23.2 Å². The summed E-state index contributed by atoms with van der Waals surface area (Å²) in [6.45, 7) is 7.50. The van der Waals surface area contributed by atoms with Crippen molar-refractivity contribution < 1.29 is 14.3 Å². The van der Waals surface area contributed by atoms with Gasteiger partial charge in [0.2, 0.25) is 5.91 Å². The van der Waals surface area contributed by atoms with E-state index in [9.17, 15) is 9.59 Å². The van der Waals surface area contributed by atoms with Crippen LogP contribution in [0.1, 0.15) is 50.6 Å². The number of nitrogens with one attached hydrogen (secondary N) is 3. The summed E-state index contributed by atoms with van der Waals surface area (Å²) in [6, 6.07) is 12.5. The van der Waals surface area contributed by atoms with Gasteiger partial charge < -0.3 is 25.3 Å². The molecule has 39 heavy (non-hydrogen) atoms. The fourth-order valence-corrected chi connectivity index (χ4v) is 4.93. The molecule has 1 fully saturated rings. The van der Waals surface area contributed by atoms with Crippen LogP contribution in [0.5, 0.6) is 0 Å². The van der Waals surface area contributed by atoms with E-state index in [1.807, 2.05) is 53.8 Å². The van der Waals surface area contributed by atoms with Gasteiger partial charge in [-0.05, 0) is 75.6 Å². The molecule has 5 N–H and O–H groups in total. The molecular weight excluding hydrogens is 518 g/mol. The molecule has 4 rings (SSSR count). The summed E-state index contributed by atoms with van der Waals surface area (Å²) in [5.41, 5.74) is 8.42. The van der Waals surface area contributed by atoms with E-state index in [4.69, 9.17) is 20.9 Å². The number of amides is 1. The molecule has 210 valence electrons. The van der Waals surface area contributed by atoms with Crippen molar-refractivity contribution >= 4 is 46.8 Å². The Bertz CT molecular complexity index is 1330. The molecule has 1 saturated heterocycles. The predicted molar refractivity (Wildman–Crippen MR) is 155 cm³/mol. The van der Waals surface area contributed by atoms with Crippen LogP contribution in [-0.2, 0) is 33.5 Å². The molecule has 1 amide bonds. The van der Waals surface area contributed by atoms with Crippen LogP contribution in [0.2, 0.25) is 0 Å². The molecule has 11 heteroatoms. The topological polar surface area (TPSA) is 138 Å². The number of hydrogen-bond donors (Lipinski definition) is 4. The zero-order valence-corrected chi connectivity index (χ0v) is 23.7. The van der Waals surface area contributed by atoms with Crippen LogP contribution in [0.25, 0.3) is 11.0 Å². The molecule has 1 unspecified atom stereocenters. The Hall–Kier alpha value is -3.63. The number of hydrogen-bond acceptors (Lipinski definition) is 7. The van der Waals surface area contributed by atoms with Crippen molar-refractivity contribution in [2.75, 3.05) is 25.0 Å². The lowest BCUT2D eigenvalue weighted by Gasteiger charge is -2.35. The summed E-state index contributed by atoms with van der Waals surface area (Å²) in [6.07, 6.45) is 1.95. The minimum Gasteiger partial charge on any atom is -0.465 e. The zero-order chi connectivity index (χ0) is 27.4. The number of nitrogens with two attached hydrogens (primary N) is 1. The van der Waals surface area contributed by atoms with Gasteiger partial charge in [0.05, 0.1) is 24.2 Å². The third-order valence-electron chi connectivity index (χ3n) is 7.16. The van der Waals surface area contributed by atoms with Crippen LogP contribution >= 0.6 is 12.4 Å². The lowest BCUT2D eigenvalue weighted by atomic mass is 9.89. The maximum atomic E-state index is 13.8. The first kappa shape index (κ1) is 29.9. The number of likely N-dealkylation sites (tertiary alicyclic amines) is 1. The average molecular weight is 556 g/mol. The minimum atomic E-state index is -1.13. The number of amidine groups is 1. The molecule has 2 atom stereocenters. The highest BCUT2D eigenvalue weighted by molar-refractivity contribution is 5.95. The van der Waals surface area contributed by atoms with Crippen molar-refractivity contribution in [1.29, 1.82) is 5.41 Å². The van der Waals surface area contributed by atoms with Crippen molar-refractivity contribution in [2.45, 2.75) is 51.7 Å². The number of benzene rings is 2. The Morgan fingerprint density at radius 3 is 2.46 bits per heavy atom. The van der Waals surface area contributed by atoms with E-state index in [0.717, 1.165) is 41.0 Å². The highest BCUT2D eigenvalue weighted by Crippen LogP contribution is 2.29. The third kappa shape index (κ3) is 6.34. The number of aromatic nitrogens is 2. The summed E-state index contributed by atoms with van der Waals surface area (Å²) >= 11 is 0. The van der Waals surface area contributed by atoms with E-state index in [2.05, 4.69) is 10.6 Å². The quantitative estimate of drug-likeness (QED) is 0.171. The van der Waals surface area contributed by atoms with Gasteiger partial charge in [-0.15, -0.1) is 12.4 Å². The SMILES string of the molecule is CCOC(=O)C(C)N[C@@](C)(C(=O)N1CCCC1)c1ccc2c(c1)nc(CNc1ccc(C(=N)N)cc1)n2C.Cl. The second kappa shape index (κ2) is 12.5. The van der Waals surface area contributed by atoms with Gasteiger partial charge in [0.15, 0.2) is 0 Å². The second-order valence-electron chi connectivity index (χ2n) is 9.88. The molecule has 0 bridgehead atoms. The van der Waals surface area contributed by atoms with E-state index < -0.39 is 17.6 Å². The van der Waals surface area contributed by atoms with Crippen LogP contribution in [0.3, 0.4) is 0 Å². The van der Waals surface area contributed by atoms with Crippen molar-refractivity contribution in [3.05, 3.63) is 59.4 Å². The van der Waals surface area contributed by atoms with Crippen molar-refractivity contribution in [3.63, 3.8) is 0 Å². The summed E-state index contributed by atoms with van der Waals surface area (Å²) in [4.78, 5) is 32.9. The van der Waals surface area contributed by atoms with E-state index >= 15 is 0 Å². The monoisotopic (exact) mass is 555 g/mol. The van der Waals surface area contributed by atoms with Crippen molar-refractivity contribution in [1.82, 2.24) is 19.8 Å². The summed E-state index contributed by atoms with van der Waals surface area (Å²) < 4.78 is 7.21. The molecule has 0 aliphatic carbocycles. The highest BCUT2D eigenvalue weighted by atomic mass is 35.5. The fourth-order valence-electron chi connectivity index (χ4n) is 4.93.